The fraction of sp³-hybridized carbons (Fsp3) is 0.696. The smallest absolute Gasteiger partial charge is 1.00 e. The topological polar surface area (TPSA) is 87.0 Å². The Morgan fingerprint density at radius 2 is 2.07 bits per heavy atom. The summed E-state index contributed by atoms with van der Waals surface area (Å²) in [6, 6.07) is 5.87. The van der Waals surface area contributed by atoms with Gasteiger partial charge in [0.2, 0.25) is 0 Å². The van der Waals surface area contributed by atoms with Gasteiger partial charge in [-0.2, -0.15) is 0 Å². The number of ether oxygens (including phenoxy) is 1. The summed E-state index contributed by atoms with van der Waals surface area (Å²) >= 11 is 0. The third-order valence-corrected chi connectivity index (χ3v) is 6.67. The van der Waals surface area contributed by atoms with E-state index < -0.39 is 5.97 Å². The molecule has 1 fully saturated rings. The van der Waals surface area contributed by atoms with Crippen molar-refractivity contribution in [3.05, 3.63) is 29.3 Å². The molecule has 5 atom stereocenters. The first-order valence-electron chi connectivity index (χ1n) is 10.8. The normalized spacial score (nSPS) is 26.2. The standard InChI is InChI=1S/C23H34O5.Na.H/c1-2-3-4-7-17(24)9-10-18-19-11-15-6-5-8-22(28-14-23(26)27)20(15)12-16(19)13-21(18)25;;/h5-6,8,16-19,21,24-25H,2-4,7,9-14H2,1H3,(H,26,27);;/q;+1;-1/t16-,17?,18+,19-,21+;;/m0../s1. The summed E-state index contributed by atoms with van der Waals surface area (Å²) in [5, 5.41) is 29.8. The van der Waals surface area contributed by atoms with Crippen LogP contribution in [0.2, 0.25) is 0 Å². The maximum atomic E-state index is 10.8. The second-order valence-electron chi connectivity index (χ2n) is 8.60. The Balaban J connectivity index is 0.00000225. The van der Waals surface area contributed by atoms with E-state index >= 15 is 0 Å². The molecule has 3 rings (SSSR count). The van der Waals surface area contributed by atoms with E-state index in [1.807, 2.05) is 12.1 Å². The number of hydrogen-bond donors (Lipinski definition) is 3. The molecule has 1 saturated carbocycles. The predicted octanol–water partition coefficient (Wildman–Crippen LogP) is 0.700. The van der Waals surface area contributed by atoms with Crippen LogP contribution in [0.1, 0.15) is 64.4 Å². The molecule has 0 radical (unpaired) electrons. The van der Waals surface area contributed by atoms with Gasteiger partial charge in [0.1, 0.15) is 5.75 Å². The van der Waals surface area contributed by atoms with Gasteiger partial charge in [0, 0.05) is 0 Å². The molecule has 0 aliphatic heterocycles. The number of aliphatic hydroxyl groups excluding tert-OH is 2. The van der Waals surface area contributed by atoms with E-state index in [1.165, 1.54) is 5.56 Å². The van der Waals surface area contributed by atoms with E-state index in [0.29, 0.717) is 17.6 Å². The number of fused-ring (bicyclic) bond motifs is 2. The van der Waals surface area contributed by atoms with Crippen molar-refractivity contribution < 1.29 is 55.8 Å². The number of carboxylic acids is 1. The first-order chi connectivity index (χ1) is 13.5. The van der Waals surface area contributed by atoms with Gasteiger partial charge in [-0.15, -0.1) is 0 Å². The van der Waals surface area contributed by atoms with Crippen molar-refractivity contribution in [1.29, 1.82) is 0 Å². The van der Waals surface area contributed by atoms with Gasteiger partial charge in [0.05, 0.1) is 12.2 Å². The molecule has 1 aromatic carbocycles. The number of carbonyl (C=O) groups is 1. The number of carboxylic acid groups (broad SMARTS) is 1. The van der Waals surface area contributed by atoms with Gasteiger partial charge < -0.3 is 21.5 Å². The third kappa shape index (κ3) is 6.44. The molecular formula is C23H35NaO5. The quantitative estimate of drug-likeness (QED) is 0.388. The van der Waals surface area contributed by atoms with Crippen LogP contribution in [0.3, 0.4) is 0 Å². The van der Waals surface area contributed by atoms with Gasteiger partial charge in [-0.3, -0.25) is 0 Å². The molecule has 0 amide bonds. The fourth-order valence-corrected chi connectivity index (χ4v) is 5.24. The van der Waals surface area contributed by atoms with Crippen molar-refractivity contribution in [2.75, 3.05) is 6.61 Å². The van der Waals surface area contributed by atoms with E-state index in [2.05, 4.69) is 13.0 Å². The molecule has 5 nitrogen and oxygen atoms in total. The molecule has 0 heterocycles. The van der Waals surface area contributed by atoms with Gasteiger partial charge in [-0.05, 0) is 73.5 Å². The molecular weight excluding hydrogens is 379 g/mol. The van der Waals surface area contributed by atoms with E-state index in [0.717, 1.165) is 63.4 Å². The Morgan fingerprint density at radius 1 is 1.28 bits per heavy atom. The summed E-state index contributed by atoms with van der Waals surface area (Å²) in [7, 11) is 0. The van der Waals surface area contributed by atoms with Crippen LogP contribution in [0.25, 0.3) is 0 Å². The largest absolute Gasteiger partial charge is 1.00 e. The van der Waals surface area contributed by atoms with Crippen LogP contribution in [0.4, 0.5) is 0 Å². The zero-order valence-corrected chi connectivity index (χ0v) is 19.8. The minimum atomic E-state index is -0.972. The molecule has 1 aromatic rings. The molecule has 3 N–H and O–H groups in total. The van der Waals surface area contributed by atoms with Crippen LogP contribution < -0.4 is 34.3 Å². The van der Waals surface area contributed by atoms with Crippen LogP contribution >= 0.6 is 0 Å². The molecule has 2 aliphatic carbocycles. The molecule has 29 heavy (non-hydrogen) atoms. The van der Waals surface area contributed by atoms with Crippen LogP contribution in [0, 0.1) is 17.8 Å². The molecule has 0 aromatic heterocycles. The monoisotopic (exact) mass is 414 g/mol. The molecule has 6 heteroatoms. The van der Waals surface area contributed by atoms with Crippen LogP contribution in [0.5, 0.6) is 5.75 Å². The minimum absolute atomic E-state index is 0. The number of aliphatic carboxylic acids is 1. The average molecular weight is 415 g/mol. The number of hydrogen-bond acceptors (Lipinski definition) is 4. The summed E-state index contributed by atoms with van der Waals surface area (Å²) in [6.45, 7) is 1.84. The van der Waals surface area contributed by atoms with Crippen LogP contribution in [-0.2, 0) is 17.6 Å². The average Bonchev–Trinajstić information content (AvgIpc) is 2.97. The van der Waals surface area contributed by atoms with Crippen molar-refractivity contribution in [1.82, 2.24) is 0 Å². The zero-order chi connectivity index (χ0) is 20.1. The van der Waals surface area contributed by atoms with Crippen molar-refractivity contribution in [3.8, 4) is 5.75 Å². The predicted molar refractivity (Wildman–Crippen MR) is 109 cm³/mol. The van der Waals surface area contributed by atoms with Gasteiger partial charge in [0.15, 0.2) is 6.61 Å². The van der Waals surface area contributed by atoms with Gasteiger partial charge in [-0.1, -0.05) is 38.3 Å². The van der Waals surface area contributed by atoms with E-state index in [9.17, 15) is 15.0 Å². The van der Waals surface area contributed by atoms with E-state index in [4.69, 9.17) is 9.84 Å². The Hall–Kier alpha value is -0.590. The molecule has 0 bridgehead atoms. The SMILES string of the molecule is CCCCCC(O)CC[C@@H]1[C@H]2Cc3cccc(OCC(=O)O)c3C[C@H]2C[C@H]1O.[H-].[Na+]. The Morgan fingerprint density at radius 3 is 2.79 bits per heavy atom. The van der Waals surface area contributed by atoms with Crippen molar-refractivity contribution in [2.24, 2.45) is 17.8 Å². The molecule has 158 valence electrons. The molecule has 2 aliphatic rings. The van der Waals surface area contributed by atoms with Crippen molar-refractivity contribution >= 4 is 5.97 Å². The van der Waals surface area contributed by atoms with E-state index in [-0.39, 0.29) is 55.7 Å². The van der Waals surface area contributed by atoms with Crippen molar-refractivity contribution in [2.45, 2.75) is 76.9 Å². The number of unbranched alkanes of at least 4 members (excludes halogenated alkanes) is 2. The first-order valence-corrected chi connectivity index (χ1v) is 10.8. The summed E-state index contributed by atoms with van der Waals surface area (Å²) in [4.78, 5) is 10.8. The van der Waals surface area contributed by atoms with Crippen LogP contribution in [0.15, 0.2) is 18.2 Å². The van der Waals surface area contributed by atoms with Crippen molar-refractivity contribution in [3.63, 3.8) is 0 Å². The maximum absolute atomic E-state index is 10.8. The second-order valence-corrected chi connectivity index (χ2v) is 8.60. The Kier molecular flexibility index (Phi) is 9.96. The summed E-state index contributed by atoms with van der Waals surface area (Å²) in [5.74, 6) is 0.768. The third-order valence-electron chi connectivity index (χ3n) is 6.67. The minimum Gasteiger partial charge on any atom is -1.00 e. The fourth-order valence-electron chi connectivity index (χ4n) is 5.24. The zero-order valence-electron chi connectivity index (χ0n) is 18.8. The van der Waals surface area contributed by atoms with Crippen LogP contribution in [-0.4, -0.2) is 40.1 Å². The second kappa shape index (κ2) is 11.7. The number of aliphatic hydroxyl groups is 2. The number of rotatable bonds is 10. The first kappa shape index (κ1) is 24.7. The summed E-state index contributed by atoms with van der Waals surface area (Å²) < 4.78 is 5.50. The molecule has 0 spiro atoms. The summed E-state index contributed by atoms with van der Waals surface area (Å²) in [5.41, 5.74) is 2.32. The Bertz CT molecular complexity index is 671. The van der Waals surface area contributed by atoms with Gasteiger partial charge >= 0.3 is 35.5 Å². The number of benzene rings is 1. The van der Waals surface area contributed by atoms with E-state index in [1.54, 1.807) is 0 Å². The summed E-state index contributed by atoms with van der Waals surface area (Å²) in [6.07, 6.45) is 7.85. The van der Waals surface area contributed by atoms with Gasteiger partial charge in [-0.25, -0.2) is 4.79 Å². The Labute approximate surface area is 197 Å². The molecule has 0 saturated heterocycles. The van der Waals surface area contributed by atoms with Gasteiger partial charge in [0.25, 0.3) is 0 Å². The maximum Gasteiger partial charge on any atom is 1.00 e. The molecule has 1 unspecified atom stereocenters.